The molecule has 128 valence electrons. The molecule has 4 heteroatoms. The molecule has 1 heterocycles. The molecule has 0 spiro atoms. The van der Waals surface area contributed by atoms with E-state index >= 15 is 0 Å². The lowest BCUT2D eigenvalue weighted by atomic mass is 10.1. The first-order valence-corrected chi connectivity index (χ1v) is 8.62. The summed E-state index contributed by atoms with van der Waals surface area (Å²) in [6.07, 6.45) is 1.00. The van der Waals surface area contributed by atoms with Crippen molar-refractivity contribution in [3.05, 3.63) is 71.9 Å². The summed E-state index contributed by atoms with van der Waals surface area (Å²) in [5.41, 5.74) is 1.57. The minimum Gasteiger partial charge on any atom is -0.370 e. The van der Waals surface area contributed by atoms with Crippen LogP contribution in [-0.4, -0.2) is 29.4 Å². The Labute approximate surface area is 148 Å². The molecular weight excluding hydrogens is 310 g/mol. The van der Waals surface area contributed by atoms with Gasteiger partial charge in [-0.3, -0.25) is 4.79 Å². The Kier molecular flexibility index (Phi) is 5.29. The van der Waals surface area contributed by atoms with Crippen LogP contribution in [0.2, 0.25) is 0 Å². The molecular formula is C21H23N3O. The first kappa shape index (κ1) is 17.0. The number of benzene rings is 2. The van der Waals surface area contributed by atoms with Crippen LogP contribution in [0.5, 0.6) is 0 Å². The highest BCUT2D eigenvalue weighted by Crippen LogP contribution is 2.23. The number of rotatable bonds is 6. The molecule has 0 fully saturated rings. The van der Waals surface area contributed by atoms with E-state index in [9.17, 15) is 4.79 Å². The van der Waals surface area contributed by atoms with E-state index in [0.29, 0.717) is 12.2 Å². The second-order valence-corrected chi connectivity index (χ2v) is 6.15. The van der Waals surface area contributed by atoms with Crippen molar-refractivity contribution in [2.75, 3.05) is 18.9 Å². The number of nitrogens with one attached hydrogen (secondary N) is 1. The van der Waals surface area contributed by atoms with E-state index in [0.717, 1.165) is 35.1 Å². The fraction of sp³-hybridized carbons (Fsp3) is 0.238. The Bertz CT molecular complexity index is 861. The molecule has 4 nitrogen and oxygen atoms in total. The van der Waals surface area contributed by atoms with Gasteiger partial charge < -0.3 is 10.2 Å². The van der Waals surface area contributed by atoms with Crippen LogP contribution in [-0.2, 0) is 6.54 Å². The molecule has 1 aromatic heterocycles. The maximum Gasteiger partial charge on any atom is 0.272 e. The highest BCUT2D eigenvalue weighted by molar-refractivity contribution is 6.00. The monoisotopic (exact) mass is 333 g/mol. The quantitative estimate of drug-likeness (QED) is 0.730. The van der Waals surface area contributed by atoms with Gasteiger partial charge >= 0.3 is 0 Å². The van der Waals surface area contributed by atoms with Crippen LogP contribution in [0.1, 0.15) is 29.4 Å². The van der Waals surface area contributed by atoms with Gasteiger partial charge in [0.1, 0.15) is 11.5 Å². The minimum absolute atomic E-state index is 0.0749. The number of aromatic nitrogens is 1. The lowest BCUT2D eigenvalue weighted by Gasteiger charge is -2.18. The predicted octanol–water partition coefficient (Wildman–Crippen LogP) is 4.33. The van der Waals surface area contributed by atoms with E-state index in [1.54, 1.807) is 4.90 Å². The van der Waals surface area contributed by atoms with Gasteiger partial charge in [-0.2, -0.15) is 0 Å². The topological polar surface area (TPSA) is 45.2 Å². The van der Waals surface area contributed by atoms with E-state index in [-0.39, 0.29) is 5.91 Å². The lowest BCUT2D eigenvalue weighted by Crippen LogP contribution is -2.27. The molecule has 1 amide bonds. The van der Waals surface area contributed by atoms with Crippen molar-refractivity contribution in [1.82, 2.24) is 9.88 Å². The van der Waals surface area contributed by atoms with E-state index in [1.165, 1.54) is 0 Å². The first-order chi connectivity index (χ1) is 12.2. The molecule has 0 atom stereocenters. The molecule has 0 bridgehead atoms. The Balaban J connectivity index is 1.90. The summed E-state index contributed by atoms with van der Waals surface area (Å²) in [5.74, 6) is 0.700. The van der Waals surface area contributed by atoms with Gasteiger partial charge in [0.2, 0.25) is 0 Å². The number of anilines is 1. The van der Waals surface area contributed by atoms with Gasteiger partial charge in [-0.15, -0.1) is 0 Å². The first-order valence-electron chi connectivity index (χ1n) is 8.62. The summed E-state index contributed by atoms with van der Waals surface area (Å²) in [4.78, 5) is 19.2. The number of carbonyl (C=O) groups excluding carboxylic acids is 1. The van der Waals surface area contributed by atoms with Gasteiger partial charge in [0.05, 0.1) is 0 Å². The Morgan fingerprint density at radius 2 is 1.80 bits per heavy atom. The molecule has 0 saturated heterocycles. The SMILES string of the molecule is CCCNc1nc(C(=O)N(C)Cc2ccccc2)cc2ccccc12. The third-order valence-corrected chi connectivity index (χ3v) is 4.11. The summed E-state index contributed by atoms with van der Waals surface area (Å²) in [7, 11) is 1.81. The van der Waals surface area contributed by atoms with E-state index in [4.69, 9.17) is 0 Å². The zero-order valence-corrected chi connectivity index (χ0v) is 14.7. The number of amides is 1. The van der Waals surface area contributed by atoms with Crippen molar-refractivity contribution < 1.29 is 4.79 Å². The second kappa shape index (κ2) is 7.79. The molecule has 0 unspecified atom stereocenters. The van der Waals surface area contributed by atoms with Crippen LogP contribution >= 0.6 is 0 Å². The second-order valence-electron chi connectivity index (χ2n) is 6.15. The highest BCUT2D eigenvalue weighted by atomic mass is 16.2. The van der Waals surface area contributed by atoms with Crippen molar-refractivity contribution in [2.24, 2.45) is 0 Å². The van der Waals surface area contributed by atoms with Crippen molar-refractivity contribution in [3.63, 3.8) is 0 Å². The number of hydrogen-bond acceptors (Lipinski definition) is 3. The number of hydrogen-bond donors (Lipinski definition) is 1. The Hall–Kier alpha value is -2.88. The van der Waals surface area contributed by atoms with E-state index in [2.05, 4.69) is 17.2 Å². The fourth-order valence-corrected chi connectivity index (χ4v) is 2.81. The third-order valence-electron chi connectivity index (χ3n) is 4.11. The number of pyridine rings is 1. The van der Waals surface area contributed by atoms with Crippen molar-refractivity contribution in [2.45, 2.75) is 19.9 Å². The Morgan fingerprint density at radius 1 is 1.08 bits per heavy atom. The summed E-state index contributed by atoms with van der Waals surface area (Å²) in [6.45, 7) is 3.50. The molecule has 0 aliphatic rings. The van der Waals surface area contributed by atoms with Gasteiger partial charge in [0.25, 0.3) is 5.91 Å². The predicted molar refractivity (Wildman–Crippen MR) is 103 cm³/mol. The van der Waals surface area contributed by atoms with Crippen LogP contribution < -0.4 is 5.32 Å². The lowest BCUT2D eigenvalue weighted by molar-refractivity contribution is 0.0779. The number of carbonyl (C=O) groups is 1. The molecule has 2 aromatic carbocycles. The van der Waals surface area contributed by atoms with E-state index in [1.807, 2.05) is 67.7 Å². The van der Waals surface area contributed by atoms with Gasteiger partial charge in [-0.05, 0) is 23.4 Å². The zero-order chi connectivity index (χ0) is 17.6. The Morgan fingerprint density at radius 3 is 2.56 bits per heavy atom. The van der Waals surface area contributed by atoms with Crippen LogP contribution in [0.4, 0.5) is 5.82 Å². The molecule has 3 aromatic rings. The zero-order valence-electron chi connectivity index (χ0n) is 14.7. The van der Waals surface area contributed by atoms with Gasteiger partial charge in [0, 0.05) is 25.5 Å². The molecule has 1 N–H and O–H groups in total. The van der Waals surface area contributed by atoms with Gasteiger partial charge in [-0.1, -0.05) is 61.5 Å². The fourth-order valence-electron chi connectivity index (χ4n) is 2.81. The van der Waals surface area contributed by atoms with Crippen molar-refractivity contribution in [3.8, 4) is 0 Å². The summed E-state index contributed by atoms with van der Waals surface area (Å²) in [5, 5.41) is 5.40. The standard InChI is InChI=1S/C21H23N3O/c1-3-13-22-20-18-12-8-7-11-17(18)14-19(23-20)21(25)24(2)15-16-9-5-4-6-10-16/h4-12,14H,3,13,15H2,1-2H3,(H,22,23). The molecule has 0 saturated carbocycles. The molecule has 0 aliphatic heterocycles. The normalized spacial score (nSPS) is 10.6. The molecule has 25 heavy (non-hydrogen) atoms. The van der Waals surface area contributed by atoms with Crippen LogP contribution in [0.15, 0.2) is 60.7 Å². The number of fused-ring (bicyclic) bond motifs is 1. The highest BCUT2D eigenvalue weighted by Gasteiger charge is 2.16. The maximum absolute atomic E-state index is 12.9. The molecule has 0 radical (unpaired) electrons. The maximum atomic E-state index is 12.9. The van der Waals surface area contributed by atoms with Crippen molar-refractivity contribution in [1.29, 1.82) is 0 Å². The summed E-state index contributed by atoms with van der Waals surface area (Å²) < 4.78 is 0. The summed E-state index contributed by atoms with van der Waals surface area (Å²) >= 11 is 0. The molecule has 3 rings (SSSR count). The smallest absolute Gasteiger partial charge is 0.272 e. The van der Waals surface area contributed by atoms with Gasteiger partial charge in [-0.25, -0.2) is 4.98 Å². The van der Waals surface area contributed by atoms with Gasteiger partial charge in [0.15, 0.2) is 0 Å². The van der Waals surface area contributed by atoms with Crippen LogP contribution in [0.3, 0.4) is 0 Å². The average Bonchev–Trinajstić information content (AvgIpc) is 2.66. The van der Waals surface area contributed by atoms with Crippen LogP contribution in [0.25, 0.3) is 10.8 Å². The van der Waals surface area contributed by atoms with Crippen molar-refractivity contribution >= 4 is 22.5 Å². The molecule has 0 aliphatic carbocycles. The average molecular weight is 333 g/mol. The van der Waals surface area contributed by atoms with Crippen LogP contribution in [0, 0.1) is 0 Å². The van der Waals surface area contributed by atoms with E-state index < -0.39 is 0 Å². The largest absolute Gasteiger partial charge is 0.370 e. The summed E-state index contributed by atoms with van der Waals surface area (Å²) in [6, 6.07) is 19.9. The third kappa shape index (κ3) is 3.97. The number of nitrogens with zero attached hydrogens (tertiary/aromatic N) is 2. The minimum atomic E-state index is -0.0749.